The first-order valence-corrected chi connectivity index (χ1v) is 9.94. The van der Waals surface area contributed by atoms with Gasteiger partial charge in [0.25, 0.3) is 5.91 Å². The maximum absolute atomic E-state index is 13.1. The molecule has 3 aromatic rings. The number of ether oxygens (including phenoxy) is 1. The van der Waals surface area contributed by atoms with Crippen LogP contribution in [0.15, 0.2) is 76.8 Å². The van der Waals surface area contributed by atoms with Gasteiger partial charge in [-0.05, 0) is 72.4 Å². The molecule has 0 unspecified atom stereocenters. The van der Waals surface area contributed by atoms with Crippen molar-refractivity contribution in [1.82, 2.24) is 9.88 Å². The zero-order chi connectivity index (χ0) is 22.0. The molecular weight excluding hydrogens is 427 g/mol. The van der Waals surface area contributed by atoms with Crippen LogP contribution in [0.2, 0.25) is 0 Å². The Bertz CT molecular complexity index is 1180. The number of aromatic nitrogens is 1. The van der Waals surface area contributed by atoms with Gasteiger partial charge in [-0.3, -0.25) is 4.79 Å². The second-order valence-electron chi connectivity index (χ2n) is 6.53. The zero-order valence-corrected chi connectivity index (χ0v) is 17.0. The number of amides is 1. The summed E-state index contributed by atoms with van der Waals surface area (Å²) in [6.07, 6.45) is -1.17. The van der Waals surface area contributed by atoms with Gasteiger partial charge in [0.05, 0.1) is 23.3 Å². The fraction of sp³-hybridized carbons (Fsp3) is 0.0909. The lowest BCUT2D eigenvalue weighted by atomic mass is 10.2. The van der Waals surface area contributed by atoms with Gasteiger partial charge in [-0.2, -0.15) is 13.2 Å². The third-order valence-corrected chi connectivity index (χ3v) is 5.37. The van der Waals surface area contributed by atoms with Crippen molar-refractivity contribution < 1.29 is 22.7 Å². The predicted octanol–water partition coefficient (Wildman–Crippen LogP) is 5.40. The van der Waals surface area contributed by atoms with Gasteiger partial charge in [-0.1, -0.05) is 6.07 Å². The van der Waals surface area contributed by atoms with Crippen LogP contribution in [-0.2, 0) is 11.0 Å². The minimum atomic E-state index is -4.43. The topological polar surface area (TPSA) is 55.6 Å². The molecule has 0 bridgehead atoms. The molecular formula is C22H16F3N3O2S. The molecule has 9 heteroatoms. The van der Waals surface area contributed by atoms with E-state index in [0.717, 1.165) is 23.9 Å². The average Bonchev–Trinajstić information content (AvgIpc) is 3.35. The van der Waals surface area contributed by atoms with Gasteiger partial charge < -0.3 is 14.6 Å². The lowest BCUT2D eigenvalue weighted by Gasteiger charge is -2.11. The van der Waals surface area contributed by atoms with Gasteiger partial charge >= 0.3 is 6.18 Å². The van der Waals surface area contributed by atoms with Crippen LogP contribution in [0.1, 0.15) is 11.3 Å². The number of aliphatic imine (C=N–C) groups is 1. The van der Waals surface area contributed by atoms with Crippen molar-refractivity contribution in [2.45, 2.75) is 6.18 Å². The van der Waals surface area contributed by atoms with E-state index in [2.05, 4.69) is 10.3 Å². The van der Waals surface area contributed by atoms with Crippen molar-refractivity contribution in [2.75, 3.05) is 7.11 Å². The number of nitrogens with one attached hydrogen (secondary N) is 1. The van der Waals surface area contributed by atoms with E-state index in [1.807, 2.05) is 0 Å². The van der Waals surface area contributed by atoms with Crippen molar-refractivity contribution in [1.29, 1.82) is 0 Å². The molecule has 1 N–H and O–H groups in total. The number of rotatable bonds is 4. The van der Waals surface area contributed by atoms with Gasteiger partial charge in [0.2, 0.25) is 0 Å². The van der Waals surface area contributed by atoms with Gasteiger partial charge in [0, 0.05) is 17.6 Å². The number of hydrogen-bond acceptors (Lipinski definition) is 4. The Balaban J connectivity index is 1.60. The Kier molecular flexibility index (Phi) is 5.60. The molecule has 1 saturated heterocycles. The highest BCUT2D eigenvalue weighted by atomic mass is 32.2. The van der Waals surface area contributed by atoms with E-state index in [1.165, 1.54) is 6.07 Å². The van der Waals surface area contributed by atoms with Crippen molar-refractivity contribution in [3.05, 3.63) is 83.0 Å². The third-order valence-electron chi connectivity index (χ3n) is 4.46. The lowest BCUT2D eigenvalue weighted by molar-refractivity contribution is -0.137. The van der Waals surface area contributed by atoms with Crippen LogP contribution < -0.4 is 10.1 Å². The first-order chi connectivity index (χ1) is 14.8. The van der Waals surface area contributed by atoms with E-state index >= 15 is 0 Å². The zero-order valence-electron chi connectivity index (χ0n) is 16.2. The number of carbonyl (C=O) groups excluding carboxylic acids is 1. The molecule has 1 aliphatic heterocycles. The fourth-order valence-corrected chi connectivity index (χ4v) is 3.79. The molecule has 4 rings (SSSR count). The molecule has 31 heavy (non-hydrogen) atoms. The number of alkyl halides is 3. The van der Waals surface area contributed by atoms with Crippen LogP contribution in [-0.4, -0.2) is 22.8 Å². The molecule has 0 radical (unpaired) electrons. The van der Waals surface area contributed by atoms with Crippen LogP contribution in [0.25, 0.3) is 11.8 Å². The molecule has 1 aromatic heterocycles. The third kappa shape index (κ3) is 4.66. The minimum absolute atomic E-state index is 0.325. The van der Waals surface area contributed by atoms with Crippen LogP contribution >= 0.6 is 11.8 Å². The molecule has 2 heterocycles. The normalized spacial score (nSPS) is 16.7. The Morgan fingerprint density at radius 1 is 1.10 bits per heavy atom. The molecule has 0 saturated carbocycles. The second kappa shape index (κ2) is 8.35. The molecule has 1 aliphatic rings. The Morgan fingerprint density at radius 3 is 2.58 bits per heavy atom. The summed E-state index contributed by atoms with van der Waals surface area (Å²) in [5, 5.41) is 3.11. The van der Waals surface area contributed by atoms with Crippen LogP contribution in [0.5, 0.6) is 5.75 Å². The lowest BCUT2D eigenvalue weighted by Crippen LogP contribution is -2.19. The number of benzene rings is 2. The maximum Gasteiger partial charge on any atom is 0.416 e. The van der Waals surface area contributed by atoms with E-state index < -0.39 is 11.7 Å². The highest BCUT2D eigenvalue weighted by Gasteiger charge is 2.30. The largest absolute Gasteiger partial charge is 0.497 e. The van der Waals surface area contributed by atoms with Gasteiger partial charge in [0.15, 0.2) is 5.17 Å². The van der Waals surface area contributed by atoms with Crippen molar-refractivity contribution in [2.24, 2.45) is 4.99 Å². The van der Waals surface area contributed by atoms with Crippen LogP contribution in [0.3, 0.4) is 0 Å². The molecule has 5 nitrogen and oxygen atoms in total. The molecule has 0 spiro atoms. The summed E-state index contributed by atoms with van der Waals surface area (Å²) in [7, 11) is 1.57. The number of methoxy groups -OCH3 is 1. The van der Waals surface area contributed by atoms with E-state index in [9.17, 15) is 18.0 Å². The number of amidine groups is 1. The van der Waals surface area contributed by atoms with Crippen molar-refractivity contribution >= 4 is 34.6 Å². The Morgan fingerprint density at radius 2 is 1.87 bits per heavy atom. The van der Waals surface area contributed by atoms with Gasteiger partial charge in [-0.25, -0.2) is 4.99 Å². The highest BCUT2D eigenvalue weighted by Crippen LogP contribution is 2.32. The monoisotopic (exact) mass is 443 g/mol. The summed E-state index contributed by atoms with van der Waals surface area (Å²) in [6, 6.07) is 15.5. The number of carbonyl (C=O) groups is 1. The van der Waals surface area contributed by atoms with Gasteiger partial charge in [-0.15, -0.1) is 0 Å². The van der Waals surface area contributed by atoms with Gasteiger partial charge in [0.1, 0.15) is 5.75 Å². The van der Waals surface area contributed by atoms with Crippen LogP contribution in [0, 0.1) is 0 Å². The smallest absolute Gasteiger partial charge is 0.416 e. The standard InChI is InChI=1S/C22H16F3N3O2S/c1-30-18-9-7-15(8-10-18)26-21-27-20(29)19(31-21)13-17-6-3-11-28(17)16-5-2-4-14(12-16)22(23,24)25/h2-13H,1H3,(H,26,27,29). The summed E-state index contributed by atoms with van der Waals surface area (Å²) in [5.74, 6) is 0.372. The summed E-state index contributed by atoms with van der Waals surface area (Å²) >= 11 is 1.16. The molecule has 158 valence electrons. The average molecular weight is 443 g/mol. The first kappa shape index (κ1) is 20.8. The Hall–Kier alpha value is -3.46. The molecule has 2 aromatic carbocycles. The van der Waals surface area contributed by atoms with E-state index in [-0.39, 0.29) is 5.91 Å². The summed E-state index contributed by atoms with van der Waals surface area (Å²) in [4.78, 5) is 17.2. The Labute approximate surface area is 180 Å². The number of nitrogens with zero attached hydrogens (tertiary/aromatic N) is 2. The number of hydrogen-bond donors (Lipinski definition) is 1. The number of thioether (sulfide) groups is 1. The first-order valence-electron chi connectivity index (χ1n) is 9.12. The van der Waals surface area contributed by atoms with E-state index in [4.69, 9.17) is 4.74 Å². The summed E-state index contributed by atoms with van der Waals surface area (Å²) in [6.45, 7) is 0. The van der Waals surface area contributed by atoms with Crippen molar-refractivity contribution in [3.8, 4) is 11.4 Å². The van der Waals surface area contributed by atoms with Crippen LogP contribution in [0.4, 0.5) is 18.9 Å². The predicted molar refractivity (Wildman–Crippen MR) is 115 cm³/mol. The summed E-state index contributed by atoms with van der Waals surface area (Å²) in [5.41, 5.74) is 0.835. The highest BCUT2D eigenvalue weighted by molar-refractivity contribution is 8.18. The van der Waals surface area contributed by atoms with E-state index in [1.54, 1.807) is 66.4 Å². The molecule has 1 amide bonds. The van der Waals surface area contributed by atoms with Crippen molar-refractivity contribution in [3.63, 3.8) is 0 Å². The quantitative estimate of drug-likeness (QED) is 0.550. The minimum Gasteiger partial charge on any atom is -0.497 e. The molecule has 1 fully saturated rings. The second-order valence-corrected chi connectivity index (χ2v) is 7.56. The SMILES string of the molecule is COc1ccc(N=C2NC(=O)C(=Cc3cccn3-c3cccc(C(F)(F)F)c3)S2)cc1. The maximum atomic E-state index is 13.1. The fourth-order valence-electron chi connectivity index (χ4n) is 2.97. The van der Waals surface area contributed by atoms with E-state index in [0.29, 0.717) is 32.9 Å². The molecule has 0 aliphatic carbocycles. The number of halogens is 3. The summed E-state index contributed by atoms with van der Waals surface area (Å²) < 4.78 is 45.9. The molecule has 0 atom stereocenters.